The Labute approximate surface area is 158 Å². The SMILES string of the molecule is NC1CCC(C(=O)NCCCCN2CCC(Cc3ccccc3)CC2)C1. The van der Waals surface area contributed by atoms with Crippen LogP contribution in [0.3, 0.4) is 0 Å². The number of piperidine rings is 1. The molecule has 2 aliphatic rings. The summed E-state index contributed by atoms with van der Waals surface area (Å²) in [7, 11) is 0. The van der Waals surface area contributed by atoms with Crippen LogP contribution in [0.4, 0.5) is 0 Å². The highest BCUT2D eigenvalue weighted by atomic mass is 16.1. The zero-order valence-electron chi connectivity index (χ0n) is 16.0. The van der Waals surface area contributed by atoms with Gasteiger partial charge in [-0.25, -0.2) is 0 Å². The van der Waals surface area contributed by atoms with E-state index in [2.05, 4.69) is 40.5 Å². The zero-order valence-corrected chi connectivity index (χ0v) is 16.0. The molecule has 4 nitrogen and oxygen atoms in total. The Bertz CT molecular complexity index is 540. The van der Waals surface area contributed by atoms with Gasteiger partial charge >= 0.3 is 0 Å². The first-order valence-electron chi connectivity index (χ1n) is 10.5. The Kier molecular flexibility index (Phi) is 7.51. The van der Waals surface area contributed by atoms with Crippen molar-refractivity contribution in [1.82, 2.24) is 10.2 Å². The van der Waals surface area contributed by atoms with E-state index in [0.29, 0.717) is 0 Å². The van der Waals surface area contributed by atoms with Gasteiger partial charge in [0.2, 0.25) is 5.91 Å². The summed E-state index contributed by atoms with van der Waals surface area (Å²) in [6.45, 7) is 4.44. The van der Waals surface area contributed by atoms with Crippen LogP contribution in [-0.2, 0) is 11.2 Å². The molecule has 1 heterocycles. The van der Waals surface area contributed by atoms with Gasteiger partial charge in [0.1, 0.15) is 0 Å². The number of nitrogens with one attached hydrogen (secondary N) is 1. The minimum Gasteiger partial charge on any atom is -0.356 e. The second-order valence-corrected chi connectivity index (χ2v) is 8.24. The van der Waals surface area contributed by atoms with Crippen LogP contribution >= 0.6 is 0 Å². The summed E-state index contributed by atoms with van der Waals surface area (Å²) >= 11 is 0. The van der Waals surface area contributed by atoms with Crippen LogP contribution < -0.4 is 11.1 Å². The van der Waals surface area contributed by atoms with Crippen LogP contribution in [0.25, 0.3) is 0 Å². The highest BCUT2D eigenvalue weighted by Gasteiger charge is 2.27. The highest BCUT2D eigenvalue weighted by Crippen LogP contribution is 2.24. The van der Waals surface area contributed by atoms with E-state index in [1.54, 1.807) is 0 Å². The first-order valence-corrected chi connectivity index (χ1v) is 10.5. The Morgan fingerprint density at radius 2 is 1.85 bits per heavy atom. The standard InChI is InChI=1S/C22H35N3O/c23-21-9-8-20(17-21)22(26)24-12-4-5-13-25-14-10-19(11-15-25)16-18-6-2-1-3-7-18/h1-3,6-7,19-21H,4-5,8-17,23H2,(H,24,26). The molecule has 26 heavy (non-hydrogen) atoms. The molecule has 2 atom stereocenters. The number of likely N-dealkylation sites (tertiary alicyclic amines) is 1. The number of hydrogen-bond acceptors (Lipinski definition) is 3. The number of carbonyl (C=O) groups excluding carboxylic acids is 1. The Morgan fingerprint density at radius 3 is 2.54 bits per heavy atom. The monoisotopic (exact) mass is 357 g/mol. The van der Waals surface area contributed by atoms with Crippen molar-refractivity contribution in [2.45, 2.75) is 57.4 Å². The van der Waals surface area contributed by atoms with Gasteiger partial charge in [-0.1, -0.05) is 30.3 Å². The summed E-state index contributed by atoms with van der Waals surface area (Å²) in [5.41, 5.74) is 7.37. The molecule has 1 aromatic carbocycles. The molecule has 1 aliphatic heterocycles. The van der Waals surface area contributed by atoms with Gasteiger partial charge in [0.15, 0.2) is 0 Å². The fourth-order valence-electron chi connectivity index (χ4n) is 4.43. The maximum absolute atomic E-state index is 12.1. The van der Waals surface area contributed by atoms with Crippen LogP contribution in [0.15, 0.2) is 30.3 Å². The summed E-state index contributed by atoms with van der Waals surface area (Å²) < 4.78 is 0. The van der Waals surface area contributed by atoms with E-state index >= 15 is 0 Å². The second-order valence-electron chi connectivity index (χ2n) is 8.24. The number of carbonyl (C=O) groups is 1. The molecule has 2 fully saturated rings. The molecule has 0 aromatic heterocycles. The highest BCUT2D eigenvalue weighted by molar-refractivity contribution is 5.78. The third-order valence-electron chi connectivity index (χ3n) is 6.12. The molecule has 0 radical (unpaired) electrons. The molecule has 0 bridgehead atoms. The maximum Gasteiger partial charge on any atom is 0.223 e. The van der Waals surface area contributed by atoms with E-state index < -0.39 is 0 Å². The van der Waals surface area contributed by atoms with Crippen molar-refractivity contribution >= 4 is 5.91 Å². The van der Waals surface area contributed by atoms with Gasteiger partial charge in [-0.2, -0.15) is 0 Å². The van der Waals surface area contributed by atoms with Crippen molar-refractivity contribution in [3.63, 3.8) is 0 Å². The normalized spacial score (nSPS) is 24.7. The van der Waals surface area contributed by atoms with Gasteiger partial charge < -0.3 is 16.0 Å². The van der Waals surface area contributed by atoms with Crippen LogP contribution in [0, 0.1) is 11.8 Å². The van der Waals surface area contributed by atoms with Crippen molar-refractivity contribution in [3.05, 3.63) is 35.9 Å². The molecule has 3 N–H and O–H groups in total. The summed E-state index contributed by atoms with van der Waals surface area (Å²) in [4.78, 5) is 14.7. The quantitative estimate of drug-likeness (QED) is 0.703. The van der Waals surface area contributed by atoms with Crippen LogP contribution in [-0.4, -0.2) is 43.0 Å². The first kappa shape index (κ1) is 19.4. The van der Waals surface area contributed by atoms with Gasteiger partial charge in [-0.3, -0.25) is 4.79 Å². The van der Waals surface area contributed by atoms with Crippen LogP contribution in [0.2, 0.25) is 0 Å². The number of hydrogen-bond donors (Lipinski definition) is 2. The molecule has 1 aromatic rings. The molecule has 2 unspecified atom stereocenters. The van der Waals surface area contributed by atoms with E-state index in [1.165, 1.54) is 50.9 Å². The molecule has 1 amide bonds. The molecule has 1 saturated heterocycles. The molecular formula is C22H35N3O. The number of unbranched alkanes of at least 4 members (excludes halogenated alkanes) is 1. The number of nitrogens with two attached hydrogens (primary N) is 1. The first-order chi connectivity index (χ1) is 12.7. The molecule has 144 valence electrons. The lowest BCUT2D eigenvalue weighted by Gasteiger charge is -2.32. The number of amides is 1. The minimum absolute atomic E-state index is 0.161. The topological polar surface area (TPSA) is 58.4 Å². The van der Waals surface area contributed by atoms with E-state index in [-0.39, 0.29) is 17.9 Å². The molecule has 1 aliphatic carbocycles. The third-order valence-corrected chi connectivity index (χ3v) is 6.12. The molecule has 3 rings (SSSR count). The number of benzene rings is 1. The van der Waals surface area contributed by atoms with Gasteiger partial charge in [0.05, 0.1) is 0 Å². The van der Waals surface area contributed by atoms with Gasteiger partial charge in [-0.05, 0) is 82.5 Å². The Balaban J connectivity index is 1.22. The zero-order chi connectivity index (χ0) is 18.2. The average Bonchev–Trinajstić information content (AvgIpc) is 3.10. The molecule has 1 saturated carbocycles. The summed E-state index contributed by atoms with van der Waals surface area (Å²) in [6, 6.07) is 11.1. The Morgan fingerprint density at radius 1 is 1.08 bits per heavy atom. The van der Waals surface area contributed by atoms with Crippen LogP contribution in [0.1, 0.15) is 50.5 Å². The third kappa shape index (κ3) is 6.10. The van der Waals surface area contributed by atoms with Gasteiger partial charge in [0, 0.05) is 18.5 Å². The smallest absolute Gasteiger partial charge is 0.223 e. The fourth-order valence-corrected chi connectivity index (χ4v) is 4.43. The van der Waals surface area contributed by atoms with Crippen molar-refractivity contribution in [2.24, 2.45) is 17.6 Å². The molecule has 0 spiro atoms. The largest absolute Gasteiger partial charge is 0.356 e. The lowest BCUT2D eigenvalue weighted by atomic mass is 9.90. The van der Waals surface area contributed by atoms with E-state index in [9.17, 15) is 4.79 Å². The lowest BCUT2D eigenvalue weighted by molar-refractivity contribution is -0.124. The van der Waals surface area contributed by atoms with E-state index in [0.717, 1.165) is 38.1 Å². The predicted octanol–water partition coefficient (Wildman–Crippen LogP) is 2.96. The van der Waals surface area contributed by atoms with Gasteiger partial charge in [-0.15, -0.1) is 0 Å². The maximum atomic E-state index is 12.1. The predicted molar refractivity (Wildman–Crippen MR) is 107 cm³/mol. The summed E-state index contributed by atoms with van der Waals surface area (Å²) in [6.07, 6.45) is 8.93. The Hall–Kier alpha value is -1.39. The van der Waals surface area contributed by atoms with Crippen molar-refractivity contribution < 1.29 is 4.79 Å². The molecular weight excluding hydrogens is 322 g/mol. The number of nitrogens with zero attached hydrogens (tertiary/aromatic N) is 1. The minimum atomic E-state index is 0.161. The van der Waals surface area contributed by atoms with E-state index in [4.69, 9.17) is 5.73 Å². The lowest BCUT2D eigenvalue weighted by Crippen LogP contribution is -2.35. The van der Waals surface area contributed by atoms with Crippen molar-refractivity contribution in [2.75, 3.05) is 26.2 Å². The van der Waals surface area contributed by atoms with Crippen molar-refractivity contribution in [1.29, 1.82) is 0 Å². The van der Waals surface area contributed by atoms with Gasteiger partial charge in [0.25, 0.3) is 0 Å². The van der Waals surface area contributed by atoms with Crippen LogP contribution in [0.5, 0.6) is 0 Å². The average molecular weight is 358 g/mol. The second kappa shape index (κ2) is 10.1. The molecule has 4 heteroatoms. The van der Waals surface area contributed by atoms with E-state index in [1.807, 2.05) is 0 Å². The summed E-state index contributed by atoms with van der Waals surface area (Å²) in [5.74, 6) is 1.22. The van der Waals surface area contributed by atoms with Crippen molar-refractivity contribution in [3.8, 4) is 0 Å². The summed E-state index contributed by atoms with van der Waals surface area (Å²) in [5, 5.41) is 3.10. The fraction of sp³-hybridized carbons (Fsp3) is 0.682. The number of rotatable bonds is 8.